The SMILES string of the molecule is O=C(NCC(=O)N1CCC[C@H]1C(=O)c1nc2ccccc2s1)c1ccnc2ccccc12. The fourth-order valence-electron chi connectivity index (χ4n) is 4.10. The molecule has 1 aliphatic rings. The zero-order valence-corrected chi connectivity index (χ0v) is 18.0. The standard InChI is InChI=1S/C24H20N4O3S/c29-21(14-26-23(31)16-11-12-25-17-7-2-1-6-15(16)17)28-13-5-9-19(28)22(30)24-27-18-8-3-4-10-20(18)32-24/h1-4,6-8,10-12,19H,5,9,13-14H2,(H,26,31)/t19-/m0/s1. The first-order valence-electron chi connectivity index (χ1n) is 10.4. The first-order chi connectivity index (χ1) is 15.6. The smallest absolute Gasteiger partial charge is 0.252 e. The maximum Gasteiger partial charge on any atom is 0.252 e. The molecule has 4 aromatic rings. The van der Waals surface area contributed by atoms with E-state index in [1.165, 1.54) is 11.3 Å². The number of likely N-dealkylation sites (tertiary alicyclic amines) is 1. The van der Waals surface area contributed by atoms with Crippen LogP contribution in [0.15, 0.2) is 60.8 Å². The number of nitrogens with zero attached hydrogens (tertiary/aromatic N) is 3. The number of Topliss-reactive ketones (excluding diaryl/α,β-unsaturated/α-hetero) is 1. The maximum absolute atomic E-state index is 13.1. The highest BCUT2D eigenvalue weighted by Crippen LogP contribution is 2.27. The molecular formula is C24H20N4O3S. The third-order valence-electron chi connectivity index (χ3n) is 5.67. The van der Waals surface area contributed by atoms with E-state index in [4.69, 9.17) is 0 Å². The summed E-state index contributed by atoms with van der Waals surface area (Å²) in [5, 5.41) is 3.85. The summed E-state index contributed by atoms with van der Waals surface area (Å²) in [5.41, 5.74) is 1.97. The molecule has 2 amide bonds. The van der Waals surface area contributed by atoms with Crippen molar-refractivity contribution in [1.29, 1.82) is 0 Å². The Morgan fingerprint density at radius 3 is 2.66 bits per heavy atom. The molecule has 0 unspecified atom stereocenters. The second-order valence-corrected chi connectivity index (χ2v) is 8.69. The Balaban J connectivity index is 1.28. The lowest BCUT2D eigenvalue weighted by molar-refractivity contribution is -0.130. The highest BCUT2D eigenvalue weighted by molar-refractivity contribution is 7.20. The van der Waals surface area contributed by atoms with Gasteiger partial charge in [0.25, 0.3) is 5.91 Å². The molecule has 0 radical (unpaired) electrons. The quantitative estimate of drug-likeness (QED) is 0.476. The van der Waals surface area contributed by atoms with Crippen LogP contribution in [0.3, 0.4) is 0 Å². The molecule has 0 spiro atoms. The predicted octanol–water partition coefficient (Wildman–Crippen LogP) is 3.45. The number of nitrogens with one attached hydrogen (secondary N) is 1. The maximum atomic E-state index is 13.1. The average Bonchev–Trinajstić information content (AvgIpc) is 3.49. The fourth-order valence-corrected chi connectivity index (χ4v) is 5.06. The predicted molar refractivity (Wildman–Crippen MR) is 123 cm³/mol. The molecule has 1 N–H and O–H groups in total. The van der Waals surface area contributed by atoms with E-state index < -0.39 is 6.04 Å². The van der Waals surface area contributed by atoms with Gasteiger partial charge in [0.2, 0.25) is 11.7 Å². The molecule has 0 bridgehead atoms. The number of thiazole rings is 1. The zero-order valence-electron chi connectivity index (χ0n) is 17.2. The second kappa shape index (κ2) is 8.47. The number of aromatic nitrogens is 2. The number of rotatable bonds is 5. The molecule has 7 nitrogen and oxygen atoms in total. The van der Waals surface area contributed by atoms with E-state index in [0.717, 1.165) is 22.0 Å². The van der Waals surface area contributed by atoms with Crippen LogP contribution in [0, 0.1) is 0 Å². The van der Waals surface area contributed by atoms with Gasteiger partial charge >= 0.3 is 0 Å². The van der Waals surface area contributed by atoms with E-state index in [1.54, 1.807) is 17.2 Å². The Morgan fingerprint density at radius 2 is 1.81 bits per heavy atom. The van der Waals surface area contributed by atoms with E-state index in [2.05, 4.69) is 15.3 Å². The molecule has 5 rings (SSSR count). The zero-order chi connectivity index (χ0) is 22.1. The van der Waals surface area contributed by atoms with Gasteiger partial charge < -0.3 is 10.2 Å². The highest BCUT2D eigenvalue weighted by atomic mass is 32.1. The van der Waals surface area contributed by atoms with Gasteiger partial charge in [0, 0.05) is 18.1 Å². The van der Waals surface area contributed by atoms with Gasteiger partial charge in [-0.15, -0.1) is 11.3 Å². The Labute approximate surface area is 188 Å². The fraction of sp³-hybridized carbons (Fsp3) is 0.208. The average molecular weight is 445 g/mol. The number of carbonyl (C=O) groups is 3. The van der Waals surface area contributed by atoms with Crippen LogP contribution in [0.1, 0.15) is 33.0 Å². The van der Waals surface area contributed by atoms with Crippen LogP contribution < -0.4 is 5.32 Å². The molecule has 32 heavy (non-hydrogen) atoms. The van der Waals surface area contributed by atoms with E-state index in [-0.39, 0.29) is 24.1 Å². The third-order valence-corrected chi connectivity index (χ3v) is 6.73. The first kappa shape index (κ1) is 20.3. The largest absolute Gasteiger partial charge is 0.343 e. The summed E-state index contributed by atoms with van der Waals surface area (Å²) >= 11 is 1.35. The number of hydrogen-bond acceptors (Lipinski definition) is 6. The van der Waals surface area contributed by atoms with E-state index in [9.17, 15) is 14.4 Å². The summed E-state index contributed by atoms with van der Waals surface area (Å²) in [5.74, 6) is -0.748. The van der Waals surface area contributed by atoms with Crippen molar-refractivity contribution in [2.75, 3.05) is 13.1 Å². The molecule has 0 saturated carbocycles. The number of para-hydroxylation sites is 2. The summed E-state index contributed by atoms with van der Waals surface area (Å²) in [7, 11) is 0. The van der Waals surface area contributed by atoms with Crippen molar-refractivity contribution >= 4 is 50.1 Å². The van der Waals surface area contributed by atoms with Crippen LogP contribution in [-0.4, -0.2) is 51.6 Å². The summed E-state index contributed by atoms with van der Waals surface area (Å²) in [6.45, 7) is 0.327. The highest BCUT2D eigenvalue weighted by Gasteiger charge is 2.35. The summed E-state index contributed by atoms with van der Waals surface area (Å²) in [6, 6.07) is 16.1. The van der Waals surface area contributed by atoms with E-state index >= 15 is 0 Å². The number of amides is 2. The molecule has 1 saturated heterocycles. The van der Waals surface area contributed by atoms with Gasteiger partial charge in [-0.05, 0) is 37.1 Å². The lowest BCUT2D eigenvalue weighted by atomic mass is 10.1. The molecular weight excluding hydrogens is 424 g/mol. The van der Waals surface area contributed by atoms with E-state index in [0.29, 0.717) is 29.1 Å². The number of benzene rings is 2. The number of fused-ring (bicyclic) bond motifs is 2. The number of ketones is 1. The number of hydrogen-bond donors (Lipinski definition) is 1. The van der Waals surface area contributed by atoms with Gasteiger partial charge in [-0.1, -0.05) is 30.3 Å². The van der Waals surface area contributed by atoms with Crippen LogP contribution in [0.4, 0.5) is 0 Å². The molecule has 160 valence electrons. The molecule has 8 heteroatoms. The molecule has 1 aliphatic heterocycles. The normalized spacial score (nSPS) is 15.9. The summed E-state index contributed by atoms with van der Waals surface area (Å²) in [4.78, 5) is 49.0. The van der Waals surface area contributed by atoms with Crippen molar-refractivity contribution in [3.05, 3.63) is 71.4 Å². The number of pyridine rings is 1. The molecule has 1 fully saturated rings. The molecule has 1 atom stereocenters. The minimum atomic E-state index is -0.540. The Morgan fingerprint density at radius 1 is 1.03 bits per heavy atom. The van der Waals surface area contributed by atoms with Gasteiger partial charge in [-0.2, -0.15) is 0 Å². The number of carbonyl (C=O) groups excluding carboxylic acids is 3. The van der Waals surface area contributed by atoms with E-state index in [1.807, 2.05) is 48.5 Å². The van der Waals surface area contributed by atoms with Crippen LogP contribution >= 0.6 is 11.3 Å². The van der Waals surface area contributed by atoms with Gasteiger partial charge in [0.05, 0.1) is 33.9 Å². The van der Waals surface area contributed by atoms with Crippen LogP contribution in [0.2, 0.25) is 0 Å². The molecule has 2 aromatic heterocycles. The van der Waals surface area contributed by atoms with Gasteiger partial charge in [0.1, 0.15) is 0 Å². The molecule has 2 aromatic carbocycles. The van der Waals surface area contributed by atoms with Gasteiger partial charge in [-0.25, -0.2) is 4.98 Å². The van der Waals surface area contributed by atoms with Crippen molar-refractivity contribution in [1.82, 2.24) is 20.2 Å². The molecule has 0 aliphatic carbocycles. The van der Waals surface area contributed by atoms with Crippen molar-refractivity contribution in [2.45, 2.75) is 18.9 Å². The van der Waals surface area contributed by atoms with Crippen molar-refractivity contribution in [3.8, 4) is 0 Å². The monoisotopic (exact) mass is 444 g/mol. The Kier molecular flexibility index (Phi) is 5.36. The topological polar surface area (TPSA) is 92.3 Å². The lowest BCUT2D eigenvalue weighted by Gasteiger charge is -2.23. The van der Waals surface area contributed by atoms with Crippen LogP contribution in [0.25, 0.3) is 21.1 Å². The second-order valence-electron chi connectivity index (χ2n) is 7.65. The minimum absolute atomic E-state index is 0.136. The Bertz CT molecular complexity index is 1310. The summed E-state index contributed by atoms with van der Waals surface area (Å²) in [6.07, 6.45) is 2.92. The first-order valence-corrected chi connectivity index (χ1v) is 11.2. The van der Waals surface area contributed by atoms with Crippen LogP contribution in [0.5, 0.6) is 0 Å². The van der Waals surface area contributed by atoms with Crippen molar-refractivity contribution in [2.24, 2.45) is 0 Å². The third kappa shape index (κ3) is 3.73. The Hall–Kier alpha value is -3.65. The summed E-state index contributed by atoms with van der Waals surface area (Å²) < 4.78 is 0.948. The van der Waals surface area contributed by atoms with Crippen LogP contribution in [-0.2, 0) is 4.79 Å². The molecule has 3 heterocycles. The van der Waals surface area contributed by atoms with Crippen molar-refractivity contribution < 1.29 is 14.4 Å². The van der Waals surface area contributed by atoms with Gasteiger partial charge in [-0.3, -0.25) is 19.4 Å². The van der Waals surface area contributed by atoms with Crippen molar-refractivity contribution in [3.63, 3.8) is 0 Å². The minimum Gasteiger partial charge on any atom is -0.343 e. The lowest BCUT2D eigenvalue weighted by Crippen LogP contribution is -2.45. The van der Waals surface area contributed by atoms with Gasteiger partial charge in [0.15, 0.2) is 5.01 Å².